The van der Waals surface area contributed by atoms with Crippen molar-refractivity contribution in [2.24, 2.45) is 0 Å². The number of carbonyl (C=O) groups is 2. The molecule has 0 aliphatic rings. The van der Waals surface area contributed by atoms with Crippen LogP contribution in [0.25, 0.3) is 0 Å². The zero-order valence-corrected chi connectivity index (χ0v) is 11.6. The van der Waals surface area contributed by atoms with Gasteiger partial charge in [0.15, 0.2) is 0 Å². The van der Waals surface area contributed by atoms with Crippen molar-refractivity contribution in [1.82, 2.24) is 5.32 Å². The maximum Gasteiger partial charge on any atom is 0.337 e. The van der Waals surface area contributed by atoms with E-state index < -0.39 is 12.0 Å². The van der Waals surface area contributed by atoms with E-state index in [1.54, 1.807) is 18.2 Å². The molecule has 0 spiro atoms. The fourth-order valence-corrected chi connectivity index (χ4v) is 1.83. The number of carbonyl (C=O) groups excluding carboxylic acids is 1. The van der Waals surface area contributed by atoms with Gasteiger partial charge in [-0.2, -0.15) is 0 Å². The van der Waals surface area contributed by atoms with Crippen LogP contribution in [0.5, 0.6) is 0 Å². The molecule has 0 aliphatic heterocycles. The molecule has 0 bridgehead atoms. The first-order valence-electron chi connectivity index (χ1n) is 6.49. The summed E-state index contributed by atoms with van der Waals surface area (Å²) < 4.78 is 0. The van der Waals surface area contributed by atoms with Crippen LogP contribution in [-0.4, -0.2) is 17.1 Å². The Bertz CT molecular complexity index is 651. The van der Waals surface area contributed by atoms with Crippen LogP contribution in [0.1, 0.15) is 21.5 Å². The third-order valence-corrected chi connectivity index (χ3v) is 2.98. The van der Waals surface area contributed by atoms with E-state index in [1.165, 1.54) is 6.07 Å². The monoisotopic (exact) mass is 284 g/mol. The van der Waals surface area contributed by atoms with Gasteiger partial charge in [-0.1, -0.05) is 42.0 Å². The lowest BCUT2D eigenvalue weighted by Gasteiger charge is -2.10. The lowest BCUT2D eigenvalue weighted by Crippen LogP contribution is -2.28. The van der Waals surface area contributed by atoms with E-state index in [0.29, 0.717) is 6.54 Å². The van der Waals surface area contributed by atoms with Gasteiger partial charge >= 0.3 is 12.0 Å². The largest absolute Gasteiger partial charge is 0.478 e. The molecule has 0 atom stereocenters. The topological polar surface area (TPSA) is 78.4 Å². The number of rotatable bonds is 4. The number of hydrogen-bond donors (Lipinski definition) is 3. The van der Waals surface area contributed by atoms with Gasteiger partial charge in [-0.25, -0.2) is 9.59 Å². The van der Waals surface area contributed by atoms with Crippen molar-refractivity contribution in [2.45, 2.75) is 13.5 Å². The SMILES string of the molecule is Cc1ccc(CNC(=O)Nc2ccccc2C(=O)O)cc1. The molecule has 0 saturated heterocycles. The van der Waals surface area contributed by atoms with Crippen LogP contribution < -0.4 is 10.6 Å². The van der Waals surface area contributed by atoms with E-state index in [9.17, 15) is 9.59 Å². The quantitative estimate of drug-likeness (QED) is 0.807. The van der Waals surface area contributed by atoms with E-state index in [-0.39, 0.29) is 11.3 Å². The highest BCUT2D eigenvalue weighted by atomic mass is 16.4. The van der Waals surface area contributed by atoms with Crippen LogP contribution in [0.2, 0.25) is 0 Å². The Hall–Kier alpha value is -2.82. The minimum absolute atomic E-state index is 0.0583. The predicted octanol–water partition coefficient (Wildman–Crippen LogP) is 3.01. The molecule has 0 heterocycles. The molecule has 0 fully saturated rings. The number of anilines is 1. The van der Waals surface area contributed by atoms with Gasteiger partial charge in [-0.3, -0.25) is 0 Å². The molecule has 5 heteroatoms. The molecule has 3 N–H and O–H groups in total. The summed E-state index contributed by atoms with van der Waals surface area (Å²) in [4.78, 5) is 22.9. The van der Waals surface area contributed by atoms with Gasteiger partial charge in [-0.05, 0) is 24.6 Å². The van der Waals surface area contributed by atoms with Crippen molar-refractivity contribution in [3.63, 3.8) is 0 Å². The number of para-hydroxylation sites is 1. The molecular formula is C16H16N2O3. The molecule has 2 aromatic rings. The van der Waals surface area contributed by atoms with Gasteiger partial charge in [-0.15, -0.1) is 0 Å². The summed E-state index contributed by atoms with van der Waals surface area (Å²) in [7, 11) is 0. The first kappa shape index (κ1) is 14.6. The van der Waals surface area contributed by atoms with Gasteiger partial charge in [0, 0.05) is 6.54 Å². The molecule has 5 nitrogen and oxygen atoms in total. The van der Waals surface area contributed by atoms with Gasteiger partial charge < -0.3 is 15.7 Å². The summed E-state index contributed by atoms with van der Waals surface area (Å²) in [5.74, 6) is -1.08. The number of aromatic carboxylic acids is 1. The average Bonchev–Trinajstić information content (AvgIpc) is 2.47. The number of carboxylic acids is 1. The first-order valence-corrected chi connectivity index (χ1v) is 6.49. The van der Waals surface area contributed by atoms with Crippen molar-refractivity contribution < 1.29 is 14.7 Å². The van der Waals surface area contributed by atoms with Crippen LogP contribution >= 0.6 is 0 Å². The second-order valence-corrected chi connectivity index (χ2v) is 4.64. The van der Waals surface area contributed by atoms with E-state index in [4.69, 9.17) is 5.11 Å². The Morgan fingerprint density at radius 1 is 1.05 bits per heavy atom. The summed E-state index contributed by atoms with van der Waals surface area (Å²) in [5, 5.41) is 14.3. The lowest BCUT2D eigenvalue weighted by molar-refractivity contribution is 0.0698. The third-order valence-electron chi connectivity index (χ3n) is 2.98. The first-order chi connectivity index (χ1) is 10.1. The summed E-state index contributed by atoms with van der Waals surface area (Å²) >= 11 is 0. The van der Waals surface area contributed by atoms with E-state index >= 15 is 0 Å². The van der Waals surface area contributed by atoms with Crippen LogP contribution in [-0.2, 0) is 6.54 Å². The Balaban J connectivity index is 1.96. The molecular weight excluding hydrogens is 268 g/mol. The maximum absolute atomic E-state index is 11.8. The molecule has 0 aliphatic carbocycles. The van der Waals surface area contributed by atoms with Crippen LogP contribution in [0.15, 0.2) is 48.5 Å². The summed E-state index contributed by atoms with van der Waals surface area (Å²) in [6.07, 6.45) is 0. The number of benzene rings is 2. The summed E-state index contributed by atoms with van der Waals surface area (Å²) in [6.45, 7) is 2.37. The van der Waals surface area contributed by atoms with Gasteiger partial charge in [0.1, 0.15) is 0 Å². The second kappa shape index (κ2) is 6.56. The van der Waals surface area contributed by atoms with Gasteiger partial charge in [0.2, 0.25) is 0 Å². The van der Waals surface area contributed by atoms with Gasteiger partial charge in [0.05, 0.1) is 11.3 Å². The van der Waals surface area contributed by atoms with Crippen LogP contribution in [0.4, 0.5) is 10.5 Å². The summed E-state index contributed by atoms with van der Waals surface area (Å²) in [5.41, 5.74) is 2.45. The van der Waals surface area contributed by atoms with Crippen LogP contribution in [0.3, 0.4) is 0 Å². The lowest BCUT2D eigenvalue weighted by atomic mass is 10.1. The van der Waals surface area contributed by atoms with Crippen molar-refractivity contribution in [2.75, 3.05) is 5.32 Å². The Morgan fingerprint density at radius 3 is 2.38 bits per heavy atom. The molecule has 21 heavy (non-hydrogen) atoms. The highest BCUT2D eigenvalue weighted by Gasteiger charge is 2.11. The number of hydrogen-bond acceptors (Lipinski definition) is 2. The highest BCUT2D eigenvalue weighted by molar-refractivity contribution is 5.99. The van der Waals surface area contributed by atoms with Crippen LogP contribution in [0, 0.1) is 6.92 Å². The Kier molecular flexibility index (Phi) is 4.56. The fourth-order valence-electron chi connectivity index (χ4n) is 1.83. The molecule has 0 aromatic heterocycles. The van der Waals surface area contributed by atoms with E-state index in [2.05, 4.69) is 10.6 Å². The zero-order valence-electron chi connectivity index (χ0n) is 11.6. The predicted molar refractivity (Wildman–Crippen MR) is 80.4 cm³/mol. The zero-order chi connectivity index (χ0) is 15.2. The average molecular weight is 284 g/mol. The molecule has 0 unspecified atom stereocenters. The molecule has 0 saturated carbocycles. The number of aryl methyl sites for hydroxylation is 1. The maximum atomic E-state index is 11.8. The molecule has 0 radical (unpaired) electrons. The number of nitrogens with one attached hydrogen (secondary N) is 2. The molecule has 2 amide bonds. The number of amides is 2. The number of carboxylic acid groups (broad SMARTS) is 1. The van der Waals surface area contributed by atoms with Crippen molar-refractivity contribution in [3.8, 4) is 0 Å². The third kappa shape index (κ3) is 4.07. The molecule has 2 rings (SSSR count). The van der Waals surface area contributed by atoms with Crippen molar-refractivity contribution >= 4 is 17.7 Å². The second-order valence-electron chi connectivity index (χ2n) is 4.64. The fraction of sp³-hybridized carbons (Fsp3) is 0.125. The van der Waals surface area contributed by atoms with E-state index in [1.807, 2.05) is 31.2 Å². The van der Waals surface area contributed by atoms with Crippen molar-refractivity contribution in [3.05, 3.63) is 65.2 Å². The minimum atomic E-state index is -1.08. The highest BCUT2D eigenvalue weighted by Crippen LogP contribution is 2.14. The Morgan fingerprint density at radius 2 is 1.71 bits per heavy atom. The molecule has 2 aromatic carbocycles. The standard InChI is InChI=1S/C16H16N2O3/c1-11-6-8-12(9-7-11)10-17-16(21)18-14-5-3-2-4-13(14)15(19)20/h2-9H,10H2,1H3,(H,19,20)(H2,17,18,21). The Labute approximate surface area is 122 Å². The number of urea groups is 1. The minimum Gasteiger partial charge on any atom is -0.478 e. The summed E-state index contributed by atoms with van der Waals surface area (Å²) in [6, 6.07) is 13.6. The normalized spacial score (nSPS) is 9.95. The smallest absolute Gasteiger partial charge is 0.337 e. The van der Waals surface area contributed by atoms with Gasteiger partial charge in [0.25, 0.3) is 0 Å². The van der Waals surface area contributed by atoms with Crippen molar-refractivity contribution in [1.29, 1.82) is 0 Å². The molecule has 108 valence electrons. The van der Waals surface area contributed by atoms with E-state index in [0.717, 1.165) is 11.1 Å².